The van der Waals surface area contributed by atoms with Gasteiger partial charge in [-0.1, -0.05) is 23.7 Å². The molecule has 0 unspecified atom stereocenters. The van der Waals surface area contributed by atoms with Gasteiger partial charge < -0.3 is 10.5 Å². The molecule has 1 atom stereocenters. The maximum atomic E-state index is 13.8. The first kappa shape index (κ1) is 13.8. The first-order chi connectivity index (χ1) is 8.99. The van der Waals surface area contributed by atoms with Crippen molar-refractivity contribution >= 4 is 11.6 Å². The van der Waals surface area contributed by atoms with Crippen LogP contribution in [0.4, 0.5) is 8.78 Å². The van der Waals surface area contributed by atoms with Crippen LogP contribution < -0.4 is 10.5 Å². The topological polar surface area (TPSA) is 35.2 Å². The van der Waals surface area contributed by atoms with Crippen molar-refractivity contribution in [1.82, 2.24) is 0 Å². The highest BCUT2D eigenvalue weighted by Crippen LogP contribution is 2.32. The van der Waals surface area contributed by atoms with Gasteiger partial charge in [0.05, 0.1) is 5.02 Å². The molecule has 100 valence electrons. The van der Waals surface area contributed by atoms with E-state index < -0.39 is 11.6 Å². The van der Waals surface area contributed by atoms with Crippen molar-refractivity contribution in [2.24, 2.45) is 5.73 Å². The van der Waals surface area contributed by atoms with Gasteiger partial charge >= 0.3 is 0 Å². The highest BCUT2D eigenvalue weighted by Gasteiger charge is 2.14. The van der Waals surface area contributed by atoms with E-state index in [-0.39, 0.29) is 22.6 Å². The lowest BCUT2D eigenvalue weighted by atomic mass is 10.1. The van der Waals surface area contributed by atoms with Crippen LogP contribution in [0.25, 0.3) is 0 Å². The monoisotopic (exact) mass is 283 g/mol. The minimum atomic E-state index is -0.560. The highest BCUT2D eigenvalue weighted by atomic mass is 35.5. The van der Waals surface area contributed by atoms with Crippen molar-refractivity contribution in [3.05, 3.63) is 58.6 Å². The van der Waals surface area contributed by atoms with Gasteiger partial charge in [-0.2, -0.15) is 0 Å². The molecule has 2 rings (SSSR count). The van der Waals surface area contributed by atoms with Crippen LogP contribution in [0.1, 0.15) is 18.5 Å². The predicted molar refractivity (Wildman–Crippen MR) is 70.5 cm³/mol. The van der Waals surface area contributed by atoms with Gasteiger partial charge in [0, 0.05) is 17.7 Å². The Morgan fingerprint density at radius 1 is 1.16 bits per heavy atom. The second-order valence-electron chi connectivity index (χ2n) is 4.12. The summed E-state index contributed by atoms with van der Waals surface area (Å²) in [5, 5.41) is -0.0869. The molecule has 0 fully saturated rings. The van der Waals surface area contributed by atoms with E-state index >= 15 is 0 Å². The van der Waals surface area contributed by atoms with Crippen LogP contribution in [0.5, 0.6) is 11.5 Å². The largest absolute Gasteiger partial charge is 0.454 e. The molecule has 2 aromatic rings. The first-order valence-electron chi connectivity index (χ1n) is 5.66. The van der Waals surface area contributed by atoms with Gasteiger partial charge in [-0.15, -0.1) is 0 Å². The summed E-state index contributed by atoms with van der Waals surface area (Å²) >= 11 is 5.65. The molecule has 0 aliphatic heterocycles. The third-order valence-corrected chi connectivity index (χ3v) is 2.89. The van der Waals surface area contributed by atoms with Crippen LogP contribution in [-0.4, -0.2) is 0 Å². The average Bonchev–Trinajstić information content (AvgIpc) is 2.36. The summed E-state index contributed by atoms with van der Waals surface area (Å²) in [5.74, 6) is -0.816. The van der Waals surface area contributed by atoms with Gasteiger partial charge in [-0.05, 0) is 25.1 Å². The van der Waals surface area contributed by atoms with E-state index in [0.29, 0.717) is 5.56 Å². The van der Waals surface area contributed by atoms with Gasteiger partial charge in [0.25, 0.3) is 0 Å². The Bertz CT molecular complexity index is 602. The third kappa shape index (κ3) is 3.03. The summed E-state index contributed by atoms with van der Waals surface area (Å²) < 4.78 is 32.3. The van der Waals surface area contributed by atoms with Gasteiger partial charge in [-0.3, -0.25) is 0 Å². The molecule has 0 aromatic heterocycles. The summed E-state index contributed by atoms with van der Waals surface area (Å²) in [4.78, 5) is 0. The fourth-order valence-electron chi connectivity index (χ4n) is 1.65. The minimum Gasteiger partial charge on any atom is -0.454 e. The number of hydrogen-bond donors (Lipinski definition) is 1. The average molecular weight is 284 g/mol. The number of ether oxygens (including phenoxy) is 1. The van der Waals surface area contributed by atoms with Crippen molar-refractivity contribution < 1.29 is 13.5 Å². The number of nitrogens with two attached hydrogens (primary N) is 1. The zero-order valence-corrected chi connectivity index (χ0v) is 10.9. The van der Waals surface area contributed by atoms with Crippen LogP contribution in [0.2, 0.25) is 5.02 Å². The number of hydrogen-bond acceptors (Lipinski definition) is 2. The van der Waals surface area contributed by atoms with E-state index in [1.165, 1.54) is 18.2 Å². The number of benzene rings is 2. The molecule has 2 nitrogen and oxygen atoms in total. The lowest BCUT2D eigenvalue weighted by Crippen LogP contribution is -2.07. The molecule has 0 radical (unpaired) electrons. The van der Waals surface area contributed by atoms with Crippen molar-refractivity contribution in [2.45, 2.75) is 13.0 Å². The Kier molecular flexibility index (Phi) is 4.02. The summed E-state index contributed by atoms with van der Waals surface area (Å²) in [6.45, 7) is 1.72. The van der Waals surface area contributed by atoms with E-state index in [2.05, 4.69) is 0 Å². The van der Waals surface area contributed by atoms with E-state index in [0.717, 1.165) is 6.07 Å². The Hall–Kier alpha value is -1.65. The van der Waals surface area contributed by atoms with E-state index in [4.69, 9.17) is 22.1 Å². The Balaban J connectivity index is 2.40. The van der Waals surface area contributed by atoms with Gasteiger partial charge in [0.1, 0.15) is 11.6 Å². The second-order valence-corrected chi connectivity index (χ2v) is 4.53. The smallest absolute Gasteiger partial charge is 0.167 e. The molecular formula is C14H12ClF2NO. The van der Waals surface area contributed by atoms with Crippen LogP contribution in [0, 0.1) is 11.6 Å². The van der Waals surface area contributed by atoms with Crippen molar-refractivity contribution in [2.75, 3.05) is 0 Å². The second kappa shape index (κ2) is 5.55. The molecule has 2 N–H and O–H groups in total. The zero-order valence-electron chi connectivity index (χ0n) is 10.2. The lowest BCUT2D eigenvalue weighted by Gasteiger charge is -2.14. The Labute approximate surface area is 114 Å². The lowest BCUT2D eigenvalue weighted by molar-refractivity contribution is 0.431. The molecule has 0 aliphatic carbocycles. The van der Waals surface area contributed by atoms with Crippen molar-refractivity contribution in [1.29, 1.82) is 0 Å². The molecule has 5 heteroatoms. The standard InChI is InChI=1S/C14H12ClF2NO/c1-8(18)10-3-2-4-13(17)14(10)19-9-5-6-12(16)11(15)7-9/h2-8H,18H2,1H3/t8-/m0/s1. The van der Waals surface area contributed by atoms with Crippen LogP contribution in [-0.2, 0) is 0 Å². The first-order valence-corrected chi connectivity index (χ1v) is 6.03. The minimum absolute atomic E-state index is 0.0279. The quantitative estimate of drug-likeness (QED) is 0.904. The van der Waals surface area contributed by atoms with E-state index in [1.54, 1.807) is 19.1 Å². The van der Waals surface area contributed by atoms with Crippen LogP contribution in [0.15, 0.2) is 36.4 Å². The Morgan fingerprint density at radius 2 is 1.89 bits per heavy atom. The molecule has 0 spiro atoms. The molecular weight excluding hydrogens is 272 g/mol. The number of halogens is 3. The summed E-state index contributed by atoms with van der Waals surface area (Å²) in [7, 11) is 0. The molecule has 0 bridgehead atoms. The molecule has 0 heterocycles. The highest BCUT2D eigenvalue weighted by molar-refractivity contribution is 6.30. The van der Waals surface area contributed by atoms with Crippen molar-refractivity contribution in [3.63, 3.8) is 0 Å². The molecule has 0 saturated heterocycles. The SMILES string of the molecule is C[C@H](N)c1cccc(F)c1Oc1ccc(F)c(Cl)c1. The maximum Gasteiger partial charge on any atom is 0.167 e. The maximum absolute atomic E-state index is 13.8. The summed E-state index contributed by atoms with van der Waals surface area (Å²) in [5.41, 5.74) is 6.29. The zero-order chi connectivity index (χ0) is 14.0. The van der Waals surface area contributed by atoms with E-state index in [1.807, 2.05) is 0 Å². The number of rotatable bonds is 3. The Morgan fingerprint density at radius 3 is 2.53 bits per heavy atom. The van der Waals surface area contributed by atoms with Gasteiger partial charge in [0.2, 0.25) is 0 Å². The van der Waals surface area contributed by atoms with Crippen LogP contribution >= 0.6 is 11.6 Å². The third-order valence-electron chi connectivity index (χ3n) is 2.60. The fourth-order valence-corrected chi connectivity index (χ4v) is 1.82. The summed E-state index contributed by atoms with van der Waals surface area (Å²) in [6.07, 6.45) is 0. The molecule has 0 aliphatic rings. The fraction of sp³-hybridized carbons (Fsp3) is 0.143. The van der Waals surface area contributed by atoms with E-state index in [9.17, 15) is 8.78 Å². The molecule has 0 amide bonds. The van der Waals surface area contributed by atoms with Gasteiger partial charge in [0.15, 0.2) is 11.6 Å². The van der Waals surface area contributed by atoms with Crippen molar-refractivity contribution in [3.8, 4) is 11.5 Å². The van der Waals surface area contributed by atoms with Crippen LogP contribution in [0.3, 0.4) is 0 Å². The van der Waals surface area contributed by atoms with Gasteiger partial charge in [-0.25, -0.2) is 8.78 Å². The molecule has 19 heavy (non-hydrogen) atoms. The molecule has 2 aromatic carbocycles. The normalized spacial score (nSPS) is 12.3. The molecule has 0 saturated carbocycles. The predicted octanol–water partition coefficient (Wildman–Crippen LogP) is 4.43. The number of para-hydroxylation sites is 1. The summed E-state index contributed by atoms with van der Waals surface area (Å²) in [6, 6.07) is 7.93.